The Morgan fingerprint density at radius 2 is 2.00 bits per heavy atom. The molecular weight excluding hydrogens is 176 g/mol. The first-order valence-corrected chi connectivity index (χ1v) is 5.22. The maximum Gasteiger partial charge on any atom is 0.152 e. The molecule has 4 heteroatoms. The molecule has 1 unspecified atom stereocenters. The average Bonchev–Trinajstić information content (AvgIpc) is 2.47. The number of rotatable bonds is 4. The van der Waals surface area contributed by atoms with Crippen molar-refractivity contribution in [3.8, 4) is 0 Å². The smallest absolute Gasteiger partial charge is 0.152 e. The minimum Gasteiger partial charge on any atom is -0.319 e. The molecule has 1 rings (SSSR count). The summed E-state index contributed by atoms with van der Waals surface area (Å²) in [5.41, 5.74) is 5.86. The number of nitrogens with two attached hydrogens (primary N) is 1. The zero-order chi connectivity index (χ0) is 10.8. The molecule has 0 amide bonds. The van der Waals surface area contributed by atoms with Crippen LogP contribution in [0, 0.1) is 6.92 Å². The van der Waals surface area contributed by atoms with Crippen molar-refractivity contribution in [1.82, 2.24) is 14.8 Å². The van der Waals surface area contributed by atoms with Crippen LogP contribution in [0.2, 0.25) is 0 Å². The lowest BCUT2D eigenvalue weighted by atomic mass is 9.96. The fourth-order valence-corrected chi connectivity index (χ4v) is 1.81. The van der Waals surface area contributed by atoms with E-state index in [1.807, 2.05) is 13.8 Å². The van der Waals surface area contributed by atoms with E-state index >= 15 is 0 Å². The quantitative estimate of drug-likeness (QED) is 0.795. The molecule has 1 heterocycles. The standard InChI is InChI=1S/C10H20N4/c1-5-7-10(4,11)9-13-12-8(3)14(9)6-2/h5-7,11H2,1-4H3. The van der Waals surface area contributed by atoms with Gasteiger partial charge in [0.1, 0.15) is 5.82 Å². The van der Waals surface area contributed by atoms with Crippen LogP contribution in [-0.2, 0) is 12.1 Å². The molecule has 0 saturated carbocycles. The molecule has 0 aliphatic heterocycles. The minimum absolute atomic E-state index is 0.355. The summed E-state index contributed by atoms with van der Waals surface area (Å²) in [5.74, 6) is 1.84. The van der Waals surface area contributed by atoms with Crippen LogP contribution in [0.25, 0.3) is 0 Å². The molecule has 0 spiro atoms. The normalized spacial score (nSPS) is 15.5. The fourth-order valence-electron chi connectivity index (χ4n) is 1.81. The van der Waals surface area contributed by atoms with E-state index in [4.69, 9.17) is 5.73 Å². The fraction of sp³-hybridized carbons (Fsp3) is 0.800. The van der Waals surface area contributed by atoms with Crippen molar-refractivity contribution in [1.29, 1.82) is 0 Å². The molecule has 0 radical (unpaired) electrons. The summed E-state index contributed by atoms with van der Waals surface area (Å²) in [6, 6.07) is 0. The molecule has 0 fully saturated rings. The lowest BCUT2D eigenvalue weighted by Gasteiger charge is -2.23. The Morgan fingerprint density at radius 3 is 2.50 bits per heavy atom. The Hall–Kier alpha value is -0.900. The van der Waals surface area contributed by atoms with Gasteiger partial charge in [0.05, 0.1) is 5.54 Å². The van der Waals surface area contributed by atoms with Gasteiger partial charge in [0.15, 0.2) is 5.82 Å². The highest BCUT2D eigenvalue weighted by molar-refractivity contribution is 5.06. The van der Waals surface area contributed by atoms with Gasteiger partial charge >= 0.3 is 0 Å². The van der Waals surface area contributed by atoms with E-state index in [0.717, 1.165) is 31.0 Å². The lowest BCUT2D eigenvalue weighted by molar-refractivity contribution is 0.398. The van der Waals surface area contributed by atoms with Crippen LogP contribution in [0.5, 0.6) is 0 Å². The number of aromatic nitrogens is 3. The predicted molar refractivity (Wildman–Crippen MR) is 56.9 cm³/mol. The van der Waals surface area contributed by atoms with Crippen molar-refractivity contribution >= 4 is 0 Å². The van der Waals surface area contributed by atoms with Crippen LogP contribution < -0.4 is 5.73 Å². The number of hydrogen-bond donors (Lipinski definition) is 1. The van der Waals surface area contributed by atoms with Crippen molar-refractivity contribution in [3.05, 3.63) is 11.6 Å². The van der Waals surface area contributed by atoms with Gasteiger partial charge in [0.25, 0.3) is 0 Å². The third-order valence-electron chi connectivity index (χ3n) is 2.53. The van der Waals surface area contributed by atoms with Crippen LogP contribution in [0.1, 0.15) is 45.3 Å². The van der Waals surface area contributed by atoms with Gasteiger partial charge in [-0.3, -0.25) is 0 Å². The van der Waals surface area contributed by atoms with Crippen molar-refractivity contribution in [2.45, 2.75) is 52.6 Å². The van der Waals surface area contributed by atoms with E-state index in [1.54, 1.807) is 0 Å². The first-order chi connectivity index (χ1) is 6.53. The third-order valence-corrected chi connectivity index (χ3v) is 2.53. The molecule has 1 atom stereocenters. The predicted octanol–water partition coefficient (Wildman–Crippen LogP) is 1.58. The second-order valence-electron chi connectivity index (χ2n) is 3.98. The second-order valence-corrected chi connectivity index (χ2v) is 3.98. The van der Waals surface area contributed by atoms with Gasteiger partial charge in [0, 0.05) is 6.54 Å². The van der Waals surface area contributed by atoms with Crippen molar-refractivity contribution in [3.63, 3.8) is 0 Å². The summed E-state index contributed by atoms with van der Waals surface area (Å²) in [6.07, 6.45) is 1.99. The maximum absolute atomic E-state index is 6.21. The molecule has 0 saturated heterocycles. The summed E-state index contributed by atoms with van der Waals surface area (Å²) < 4.78 is 2.08. The largest absolute Gasteiger partial charge is 0.319 e. The number of aryl methyl sites for hydroxylation is 1. The first-order valence-electron chi connectivity index (χ1n) is 5.22. The van der Waals surface area contributed by atoms with Gasteiger partial charge in [-0.15, -0.1) is 10.2 Å². The van der Waals surface area contributed by atoms with Gasteiger partial charge in [-0.1, -0.05) is 13.3 Å². The highest BCUT2D eigenvalue weighted by Gasteiger charge is 2.26. The monoisotopic (exact) mass is 196 g/mol. The molecule has 0 bridgehead atoms. The summed E-state index contributed by atoms with van der Waals surface area (Å²) in [4.78, 5) is 0. The van der Waals surface area contributed by atoms with Gasteiger partial charge in [-0.25, -0.2) is 0 Å². The van der Waals surface area contributed by atoms with Gasteiger partial charge in [-0.05, 0) is 27.2 Å². The number of hydrogen-bond acceptors (Lipinski definition) is 3. The minimum atomic E-state index is -0.355. The molecule has 0 aromatic carbocycles. The summed E-state index contributed by atoms with van der Waals surface area (Å²) in [5, 5.41) is 8.23. The topological polar surface area (TPSA) is 56.7 Å². The van der Waals surface area contributed by atoms with Crippen molar-refractivity contribution < 1.29 is 0 Å². The molecular formula is C10H20N4. The Morgan fingerprint density at radius 1 is 1.36 bits per heavy atom. The van der Waals surface area contributed by atoms with E-state index in [9.17, 15) is 0 Å². The van der Waals surface area contributed by atoms with E-state index in [2.05, 4.69) is 28.6 Å². The Bertz CT molecular complexity index is 301. The Labute approximate surface area is 85.5 Å². The third kappa shape index (κ3) is 1.95. The van der Waals surface area contributed by atoms with Crippen molar-refractivity contribution in [2.75, 3.05) is 0 Å². The molecule has 0 aliphatic rings. The average molecular weight is 196 g/mol. The maximum atomic E-state index is 6.21. The van der Waals surface area contributed by atoms with Crippen LogP contribution in [0.4, 0.5) is 0 Å². The van der Waals surface area contributed by atoms with Crippen LogP contribution in [0.3, 0.4) is 0 Å². The molecule has 4 nitrogen and oxygen atoms in total. The van der Waals surface area contributed by atoms with Crippen LogP contribution in [0.15, 0.2) is 0 Å². The highest BCUT2D eigenvalue weighted by Crippen LogP contribution is 2.21. The van der Waals surface area contributed by atoms with Gasteiger partial charge in [-0.2, -0.15) is 0 Å². The van der Waals surface area contributed by atoms with E-state index < -0.39 is 0 Å². The van der Waals surface area contributed by atoms with E-state index in [-0.39, 0.29) is 5.54 Å². The SMILES string of the molecule is CCCC(C)(N)c1nnc(C)n1CC. The second kappa shape index (κ2) is 4.09. The first kappa shape index (κ1) is 11.2. The number of nitrogens with zero attached hydrogens (tertiary/aromatic N) is 3. The summed E-state index contributed by atoms with van der Waals surface area (Å²) >= 11 is 0. The molecule has 14 heavy (non-hydrogen) atoms. The molecule has 2 N–H and O–H groups in total. The van der Waals surface area contributed by atoms with Crippen LogP contribution >= 0.6 is 0 Å². The zero-order valence-electron chi connectivity index (χ0n) is 9.54. The molecule has 1 aromatic rings. The Kier molecular flexibility index (Phi) is 3.26. The summed E-state index contributed by atoms with van der Waals surface area (Å²) in [7, 11) is 0. The molecule has 80 valence electrons. The molecule has 1 aromatic heterocycles. The van der Waals surface area contributed by atoms with Gasteiger partial charge < -0.3 is 10.3 Å². The lowest BCUT2D eigenvalue weighted by Crippen LogP contribution is -2.36. The van der Waals surface area contributed by atoms with Crippen molar-refractivity contribution in [2.24, 2.45) is 5.73 Å². The zero-order valence-corrected chi connectivity index (χ0v) is 9.54. The van der Waals surface area contributed by atoms with Gasteiger partial charge in [0.2, 0.25) is 0 Å². The van der Waals surface area contributed by atoms with E-state index in [0.29, 0.717) is 0 Å². The van der Waals surface area contributed by atoms with E-state index in [1.165, 1.54) is 0 Å². The highest BCUT2D eigenvalue weighted by atomic mass is 15.3. The molecule has 0 aliphatic carbocycles. The summed E-state index contributed by atoms with van der Waals surface area (Å²) in [6.45, 7) is 9.07. The van der Waals surface area contributed by atoms with Crippen LogP contribution in [-0.4, -0.2) is 14.8 Å². The Balaban J connectivity index is 3.05.